The van der Waals surface area contributed by atoms with E-state index in [9.17, 15) is 0 Å². The fourth-order valence-electron chi connectivity index (χ4n) is 2.96. The fourth-order valence-corrected chi connectivity index (χ4v) is 2.96. The van der Waals surface area contributed by atoms with Crippen molar-refractivity contribution in [2.75, 3.05) is 13.1 Å². The molecule has 0 amide bonds. The topological polar surface area (TPSA) is 3.24 Å². The van der Waals surface area contributed by atoms with Crippen LogP contribution in [0.4, 0.5) is 0 Å². The minimum atomic E-state index is 0.398. The number of rotatable bonds is 14. The first-order valence-corrected chi connectivity index (χ1v) is 9.33. The zero-order chi connectivity index (χ0) is 15.3. The minimum Gasteiger partial charge on any atom is -0.298 e. The van der Waals surface area contributed by atoms with Crippen LogP contribution in [0.3, 0.4) is 0 Å². The Bertz CT molecular complexity index is 188. The van der Waals surface area contributed by atoms with Gasteiger partial charge >= 0.3 is 0 Å². The number of nitrogens with zero attached hydrogens (tertiary/aromatic N) is 1. The van der Waals surface area contributed by atoms with Crippen molar-refractivity contribution in [3.8, 4) is 0 Å². The standard InChI is InChI=1S/C19H41N/c1-6-9-12-13-16-19(4,5)20(17-14-10-7-2)18-15-11-8-3/h6-18H2,1-5H3. The lowest BCUT2D eigenvalue weighted by molar-refractivity contribution is 0.103. The Kier molecular flexibility index (Phi) is 12.7. The van der Waals surface area contributed by atoms with E-state index in [1.165, 1.54) is 83.7 Å². The maximum atomic E-state index is 2.78. The van der Waals surface area contributed by atoms with Crippen LogP contribution in [0.5, 0.6) is 0 Å². The van der Waals surface area contributed by atoms with Crippen molar-refractivity contribution in [2.24, 2.45) is 0 Å². The van der Waals surface area contributed by atoms with Gasteiger partial charge in [-0.3, -0.25) is 4.90 Å². The molecule has 0 rings (SSSR count). The Labute approximate surface area is 129 Å². The van der Waals surface area contributed by atoms with Gasteiger partial charge in [0.1, 0.15) is 0 Å². The molecule has 0 aromatic heterocycles. The normalized spacial score (nSPS) is 12.3. The largest absolute Gasteiger partial charge is 0.298 e. The summed E-state index contributed by atoms with van der Waals surface area (Å²) in [6.07, 6.45) is 15.1. The summed E-state index contributed by atoms with van der Waals surface area (Å²) in [6, 6.07) is 0. The second kappa shape index (κ2) is 12.7. The third-order valence-corrected chi connectivity index (χ3v) is 4.56. The molecule has 0 heterocycles. The Morgan fingerprint density at radius 1 is 0.600 bits per heavy atom. The van der Waals surface area contributed by atoms with E-state index in [-0.39, 0.29) is 0 Å². The summed E-state index contributed by atoms with van der Waals surface area (Å²) in [5, 5.41) is 0. The van der Waals surface area contributed by atoms with Crippen LogP contribution in [0.2, 0.25) is 0 Å². The summed E-state index contributed by atoms with van der Waals surface area (Å²) in [7, 11) is 0. The van der Waals surface area contributed by atoms with Crippen molar-refractivity contribution in [1.29, 1.82) is 0 Å². The summed E-state index contributed by atoms with van der Waals surface area (Å²) in [6.45, 7) is 14.5. The molecule has 0 N–H and O–H groups in total. The summed E-state index contributed by atoms with van der Waals surface area (Å²) >= 11 is 0. The van der Waals surface area contributed by atoms with E-state index in [0.29, 0.717) is 5.54 Å². The van der Waals surface area contributed by atoms with Crippen LogP contribution in [0.15, 0.2) is 0 Å². The lowest BCUT2D eigenvalue weighted by Gasteiger charge is -2.39. The van der Waals surface area contributed by atoms with Crippen molar-refractivity contribution in [3.05, 3.63) is 0 Å². The quantitative estimate of drug-likeness (QED) is 0.333. The lowest BCUT2D eigenvalue weighted by atomic mass is 9.93. The van der Waals surface area contributed by atoms with Gasteiger partial charge in [-0.2, -0.15) is 0 Å². The van der Waals surface area contributed by atoms with Gasteiger partial charge in [-0.15, -0.1) is 0 Å². The Hall–Kier alpha value is -0.0400. The Balaban J connectivity index is 4.21. The Morgan fingerprint density at radius 3 is 1.50 bits per heavy atom. The molecule has 0 fully saturated rings. The molecular formula is C19H41N. The lowest BCUT2D eigenvalue weighted by Crippen LogP contribution is -2.45. The van der Waals surface area contributed by atoms with Gasteiger partial charge in [-0.25, -0.2) is 0 Å². The van der Waals surface area contributed by atoms with Crippen LogP contribution < -0.4 is 0 Å². The third-order valence-electron chi connectivity index (χ3n) is 4.56. The monoisotopic (exact) mass is 283 g/mol. The van der Waals surface area contributed by atoms with Gasteiger partial charge in [0.15, 0.2) is 0 Å². The summed E-state index contributed by atoms with van der Waals surface area (Å²) in [4.78, 5) is 2.78. The van der Waals surface area contributed by atoms with Crippen molar-refractivity contribution >= 4 is 0 Å². The minimum absolute atomic E-state index is 0.398. The predicted molar refractivity (Wildman–Crippen MR) is 93.5 cm³/mol. The van der Waals surface area contributed by atoms with E-state index < -0.39 is 0 Å². The highest BCUT2D eigenvalue weighted by molar-refractivity contribution is 4.81. The molecule has 0 radical (unpaired) electrons. The molecule has 122 valence electrons. The van der Waals surface area contributed by atoms with Gasteiger partial charge in [-0.05, 0) is 46.2 Å². The van der Waals surface area contributed by atoms with E-state index in [1.807, 2.05) is 0 Å². The van der Waals surface area contributed by atoms with Gasteiger partial charge in [0.05, 0.1) is 0 Å². The van der Waals surface area contributed by atoms with Crippen molar-refractivity contribution in [1.82, 2.24) is 4.90 Å². The van der Waals surface area contributed by atoms with Gasteiger partial charge < -0.3 is 0 Å². The summed E-state index contributed by atoms with van der Waals surface area (Å²) in [5.41, 5.74) is 0.398. The van der Waals surface area contributed by atoms with Crippen LogP contribution in [-0.2, 0) is 0 Å². The molecule has 20 heavy (non-hydrogen) atoms. The molecule has 0 aromatic rings. The third kappa shape index (κ3) is 9.80. The second-order valence-electron chi connectivity index (χ2n) is 7.02. The van der Waals surface area contributed by atoms with Gasteiger partial charge in [0.2, 0.25) is 0 Å². The van der Waals surface area contributed by atoms with Gasteiger partial charge in [0.25, 0.3) is 0 Å². The highest BCUT2D eigenvalue weighted by Crippen LogP contribution is 2.24. The molecule has 0 aromatic carbocycles. The smallest absolute Gasteiger partial charge is 0.0153 e. The van der Waals surface area contributed by atoms with Gasteiger partial charge in [-0.1, -0.05) is 72.1 Å². The van der Waals surface area contributed by atoms with Crippen LogP contribution in [0.25, 0.3) is 0 Å². The van der Waals surface area contributed by atoms with Crippen LogP contribution in [0.1, 0.15) is 105 Å². The zero-order valence-electron chi connectivity index (χ0n) is 15.1. The number of unbranched alkanes of at least 4 members (excludes halogenated alkanes) is 7. The first kappa shape index (κ1) is 20.0. The highest BCUT2D eigenvalue weighted by Gasteiger charge is 2.25. The maximum Gasteiger partial charge on any atom is 0.0153 e. The first-order chi connectivity index (χ1) is 9.58. The Morgan fingerprint density at radius 2 is 1.05 bits per heavy atom. The number of hydrogen-bond donors (Lipinski definition) is 0. The first-order valence-electron chi connectivity index (χ1n) is 9.33. The molecule has 0 aliphatic heterocycles. The van der Waals surface area contributed by atoms with E-state index in [2.05, 4.69) is 39.5 Å². The maximum absolute atomic E-state index is 2.78. The molecule has 0 aliphatic carbocycles. The molecule has 1 heteroatoms. The van der Waals surface area contributed by atoms with E-state index in [4.69, 9.17) is 0 Å². The predicted octanol–water partition coefficient (Wildman–Crippen LogP) is 6.42. The molecule has 0 saturated carbocycles. The molecule has 1 nitrogen and oxygen atoms in total. The molecule has 0 spiro atoms. The van der Waals surface area contributed by atoms with Crippen LogP contribution >= 0.6 is 0 Å². The average molecular weight is 284 g/mol. The van der Waals surface area contributed by atoms with Gasteiger partial charge in [0, 0.05) is 5.54 Å². The summed E-state index contributed by atoms with van der Waals surface area (Å²) < 4.78 is 0. The molecule has 0 aliphatic rings. The summed E-state index contributed by atoms with van der Waals surface area (Å²) in [5.74, 6) is 0. The average Bonchev–Trinajstić information content (AvgIpc) is 2.42. The highest BCUT2D eigenvalue weighted by atomic mass is 15.2. The molecule has 0 atom stereocenters. The van der Waals surface area contributed by atoms with Crippen molar-refractivity contribution < 1.29 is 0 Å². The second-order valence-corrected chi connectivity index (χ2v) is 7.02. The fraction of sp³-hybridized carbons (Fsp3) is 1.00. The van der Waals surface area contributed by atoms with E-state index in [0.717, 1.165) is 0 Å². The molecular weight excluding hydrogens is 242 g/mol. The van der Waals surface area contributed by atoms with E-state index >= 15 is 0 Å². The van der Waals surface area contributed by atoms with E-state index in [1.54, 1.807) is 0 Å². The molecule has 0 bridgehead atoms. The van der Waals surface area contributed by atoms with Crippen LogP contribution in [-0.4, -0.2) is 23.5 Å². The zero-order valence-corrected chi connectivity index (χ0v) is 15.1. The van der Waals surface area contributed by atoms with Crippen molar-refractivity contribution in [2.45, 2.75) is 111 Å². The van der Waals surface area contributed by atoms with Crippen molar-refractivity contribution in [3.63, 3.8) is 0 Å². The SMILES string of the molecule is CCCCCCC(C)(C)N(CCCCC)CCCCC. The molecule has 0 saturated heterocycles. The number of hydrogen-bond acceptors (Lipinski definition) is 1. The van der Waals surface area contributed by atoms with Crippen LogP contribution in [0, 0.1) is 0 Å². The molecule has 0 unspecified atom stereocenters.